The van der Waals surface area contributed by atoms with Crippen molar-refractivity contribution in [3.8, 4) is 11.5 Å². The van der Waals surface area contributed by atoms with Crippen LogP contribution < -0.4 is 14.8 Å². The van der Waals surface area contributed by atoms with E-state index in [0.29, 0.717) is 29.2 Å². The molecule has 2 aromatic rings. The molecule has 1 saturated heterocycles. The fraction of sp³-hybridized carbons (Fsp3) is 0.471. The Kier molecular flexibility index (Phi) is 5.95. The van der Waals surface area contributed by atoms with Crippen LogP contribution in [0.5, 0.6) is 11.5 Å². The van der Waals surface area contributed by atoms with Crippen LogP contribution in [-0.2, 0) is 0 Å². The molecule has 0 aliphatic carbocycles. The lowest BCUT2D eigenvalue weighted by molar-refractivity contribution is 0.262. The van der Waals surface area contributed by atoms with E-state index in [1.165, 1.54) is 13.2 Å². The van der Waals surface area contributed by atoms with Crippen molar-refractivity contribution in [3.05, 3.63) is 30.2 Å². The number of hydrogen-bond donors (Lipinski definition) is 1. The van der Waals surface area contributed by atoms with Crippen LogP contribution in [0.2, 0.25) is 0 Å². The van der Waals surface area contributed by atoms with Crippen molar-refractivity contribution >= 4 is 10.9 Å². The molecule has 0 spiro atoms. The largest absolute Gasteiger partial charge is 0.494 e. The zero-order valence-corrected chi connectivity index (χ0v) is 13.4. The Morgan fingerprint density at radius 1 is 1.32 bits per heavy atom. The molecule has 3 rings (SSSR count). The molecule has 1 aliphatic heterocycles. The maximum Gasteiger partial charge on any atom is 0.165 e. The SMILES string of the molecule is CC.COc1cc2nccc(OC[C@H]3CCNC3)c2cc1F. The van der Waals surface area contributed by atoms with Gasteiger partial charge in [0.25, 0.3) is 0 Å². The summed E-state index contributed by atoms with van der Waals surface area (Å²) in [5, 5.41) is 3.98. The molecule has 1 atom stereocenters. The van der Waals surface area contributed by atoms with E-state index in [1.54, 1.807) is 18.3 Å². The summed E-state index contributed by atoms with van der Waals surface area (Å²) in [6, 6.07) is 4.79. The number of fused-ring (bicyclic) bond motifs is 1. The predicted molar refractivity (Wildman–Crippen MR) is 86.1 cm³/mol. The Bertz CT molecular complexity index is 613. The molecule has 120 valence electrons. The first kappa shape index (κ1) is 16.5. The van der Waals surface area contributed by atoms with Crippen molar-refractivity contribution in [1.82, 2.24) is 10.3 Å². The number of rotatable bonds is 4. The van der Waals surface area contributed by atoms with Crippen LogP contribution in [0.25, 0.3) is 10.9 Å². The van der Waals surface area contributed by atoms with Crippen molar-refractivity contribution in [2.75, 3.05) is 26.8 Å². The van der Waals surface area contributed by atoms with Crippen molar-refractivity contribution in [1.29, 1.82) is 0 Å². The van der Waals surface area contributed by atoms with E-state index in [-0.39, 0.29) is 5.75 Å². The van der Waals surface area contributed by atoms with Crippen LogP contribution in [0, 0.1) is 11.7 Å². The molecule has 0 unspecified atom stereocenters. The molecule has 5 heteroatoms. The van der Waals surface area contributed by atoms with Crippen LogP contribution in [-0.4, -0.2) is 31.8 Å². The average Bonchev–Trinajstić information content (AvgIpc) is 3.07. The molecule has 0 bridgehead atoms. The van der Waals surface area contributed by atoms with Gasteiger partial charge < -0.3 is 14.8 Å². The number of aromatic nitrogens is 1. The number of pyridine rings is 1. The number of methoxy groups -OCH3 is 1. The topological polar surface area (TPSA) is 43.4 Å². The highest BCUT2D eigenvalue weighted by Gasteiger charge is 2.16. The summed E-state index contributed by atoms with van der Waals surface area (Å²) in [6.45, 7) is 6.65. The molecule has 2 heterocycles. The molecule has 0 amide bonds. The summed E-state index contributed by atoms with van der Waals surface area (Å²) in [5.74, 6) is 0.979. The Labute approximate surface area is 130 Å². The monoisotopic (exact) mass is 306 g/mol. The molecular weight excluding hydrogens is 283 g/mol. The number of halogens is 1. The molecule has 1 aliphatic rings. The van der Waals surface area contributed by atoms with Gasteiger partial charge in [-0.2, -0.15) is 0 Å². The molecule has 0 radical (unpaired) electrons. The average molecular weight is 306 g/mol. The molecule has 1 N–H and O–H groups in total. The second-order valence-electron chi connectivity index (χ2n) is 4.98. The summed E-state index contributed by atoms with van der Waals surface area (Å²) >= 11 is 0. The van der Waals surface area contributed by atoms with Gasteiger partial charge in [0.2, 0.25) is 0 Å². The van der Waals surface area contributed by atoms with Crippen LogP contribution in [0.4, 0.5) is 4.39 Å². The standard InChI is InChI=1S/C15H17FN2O2.C2H6/c1-19-15-7-13-11(6-12(15)16)14(3-5-18-13)20-9-10-2-4-17-8-10;1-2/h3,5-7,10,17H,2,4,8-9H2,1H3;1-2H3/t10-;/m0./s1. The summed E-state index contributed by atoms with van der Waals surface area (Å²) in [7, 11) is 1.44. The Balaban J connectivity index is 0.000000847. The first-order valence-corrected chi connectivity index (χ1v) is 7.73. The lowest BCUT2D eigenvalue weighted by atomic mass is 10.1. The third-order valence-corrected chi connectivity index (χ3v) is 3.61. The highest BCUT2D eigenvalue weighted by Crippen LogP contribution is 2.30. The van der Waals surface area contributed by atoms with Crippen LogP contribution in [0.1, 0.15) is 20.3 Å². The predicted octanol–water partition coefficient (Wildman–Crippen LogP) is 3.40. The van der Waals surface area contributed by atoms with Crippen LogP contribution in [0.3, 0.4) is 0 Å². The number of ether oxygens (including phenoxy) is 2. The second-order valence-corrected chi connectivity index (χ2v) is 4.98. The number of nitrogens with zero attached hydrogens (tertiary/aromatic N) is 1. The van der Waals surface area contributed by atoms with Gasteiger partial charge in [0.15, 0.2) is 11.6 Å². The summed E-state index contributed by atoms with van der Waals surface area (Å²) < 4.78 is 24.6. The van der Waals surface area contributed by atoms with Gasteiger partial charge in [0.1, 0.15) is 5.75 Å². The second kappa shape index (κ2) is 7.94. The van der Waals surface area contributed by atoms with Crippen molar-refractivity contribution in [2.24, 2.45) is 5.92 Å². The van der Waals surface area contributed by atoms with Crippen LogP contribution >= 0.6 is 0 Å². The zero-order chi connectivity index (χ0) is 15.9. The van der Waals surface area contributed by atoms with Gasteiger partial charge in [0.05, 0.1) is 19.2 Å². The minimum atomic E-state index is -0.402. The molecule has 1 fully saturated rings. The van der Waals surface area contributed by atoms with E-state index in [1.807, 2.05) is 13.8 Å². The lowest BCUT2D eigenvalue weighted by Gasteiger charge is -2.13. The van der Waals surface area contributed by atoms with Gasteiger partial charge >= 0.3 is 0 Å². The Hall–Kier alpha value is -1.88. The lowest BCUT2D eigenvalue weighted by Crippen LogP contribution is -2.15. The van der Waals surface area contributed by atoms with Gasteiger partial charge in [0, 0.05) is 30.1 Å². The summed E-state index contributed by atoms with van der Waals surface area (Å²) in [4.78, 5) is 4.23. The van der Waals surface area contributed by atoms with Crippen molar-refractivity contribution < 1.29 is 13.9 Å². The first-order valence-electron chi connectivity index (χ1n) is 7.73. The van der Waals surface area contributed by atoms with Crippen LogP contribution in [0.15, 0.2) is 24.4 Å². The van der Waals surface area contributed by atoms with Gasteiger partial charge in [-0.15, -0.1) is 0 Å². The van der Waals surface area contributed by atoms with E-state index < -0.39 is 5.82 Å². The van der Waals surface area contributed by atoms with Gasteiger partial charge in [-0.25, -0.2) is 4.39 Å². The highest BCUT2D eigenvalue weighted by molar-refractivity contribution is 5.86. The molecule has 1 aromatic carbocycles. The van der Waals surface area contributed by atoms with Crippen molar-refractivity contribution in [3.63, 3.8) is 0 Å². The Morgan fingerprint density at radius 3 is 2.82 bits per heavy atom. The van der Waals surface area contributed by atoms with Gasteiger partial charge in [-0.1, -0.05) is 13.8 Å². The van der Waals surface area contributed by atoms with E-state index in [9.17, 15) is 4.39 Å². The third kappa shape index (κ3) is 3.65. The molecule has 4 nitrogen and oxygen atoms in total. The fourth-order valence-corrected chi connectivity index (χ4v) is 2.47. The van der Waals surface area contributed by atoms with Gasteiger partial charge in [-0.05, 0) is 25.1 Å². The fourth-order valence-electron chi connectivity index (χ4n) is 2.47. The quantitative estimate of drug-likeness (QED) is 0.940. The highest BCUT2D eigenvalue weighted by atomic mass is 19.1. The van der Waals surface area contributed by atoms with E-state index in [4.69, 9.17) is 9.47 Å². The first-order chi connectivity index (χ1) is 10.8. The zero-order valence-electron chi connectivity index (χ0n) is 13.4. The summed E-state index contributed by atoms with van der Waals surface area (Å²) in [5.41, 5.74) is 0.672. The molecule has 22 heavy (non-hydrogen) atoms. The summed E-state index contributed by atoms with van der Waals surface area (Å²) in [6.07, 6.45) is 2.78. The van der Waals surface area contributed by atoms with E-state index >= 15 is 0 Å². The number of hydrogen-bond acceptors (Lipinski definition) is 4. The molecule has 0 saturated carbocycles. The number of nitrogens with one attached hydrogen (secondary N) is 1. The third-order valence-electron chi connectivity index (χ3n) is 3.61. The molecular formula is C17H23FN2O2. The maximum atomic E-state index is 13.8. The molecule has 1 aromatic heterocycles. The van der Waals surface area contributed by atoms with Gasteiger partial charge in [-0.3, -0.25) is 4.98 Å². The number of benzene rings is 1. The smallest absolute Gasteiger partial charge is 0.165 e. The Morgan fingerprint density at radius 2 is 2.14 bits per heavy atom. The minimum Gasteiger partial charge on any atom is -0.494 e. The normalized spacial score (nSPS) is 17.0. The minimum absolute atomic E-state index is 0.196. The van der Waals surface area contributed by atoms with E-state index in [0.717, 1.165) is 19.5 Å². The maximum absolute atomic E-state index is 13.8. The van der Waals surface area contributed by atoms with Crippen molar-refractivity contribution in [2.45, 2.75) is 20.3 Å². The van der Waals surface area contributed by atoms with E-state index in [2.05, 4.69) is 10.3 Å².